The van der Waals surface area contributed by atoms with Gasteiger partial charge in [-0.1, -0.05) is 0 Å². The van der Waals surface area contributed by atoms with Crippen LogP contribution < -0.4 is 5.32 Å². The first-order valence-corrected chi connectivity index (χ1v) is 11.6. The smallest absolute Gasteiger partial charge is 0.176 e. The first-order valence-electron chi connectivity index (χ1n) is 10.8. The molecule has 0 aromatic carbocycles. The van der Waals surface area contributed by atoms with Gasteiger partial charge in [-0.25, -0.2) is 19.6 Å². The molecule has 160 valence electrons. The summed E-state index contributed by atoms with van der Waals surface area (Å²) in [5, 5.41) is 9.48. The number of rotatable bonds is 6. The van der Waals surface area contributed by atoms with Gasteiger partial charge in [0.25, 0.3) is 0 Å². The van der Waals surface area contributed by atoms with Gasteiger partial charge in [0.15, 0.2) is 5.82 Å². The summed E-state index contributed by atoms with van der Waals surface area (Å²) >= 11 is 1.76. The molecular formula is C21H29N7OS. The Bertz CT molecular complexity index is 1050. The average molecular weight is 428 g/mol. The van der Waals surface area contributed by atoms with E-state index in [0.717, 1.165) is 72.5 Å². The lowest BCUT2D eigenvalue weighted by Crippen LogP contribution is -2.24. The van der Waals surface area contributed by atoms with E-state index >= 15 is 0 Å². The Kier molecular flexibility index (Phi) is 5.43. The molecule has 3 aromatic rings. The van der Waals surface area contributed by atoms with Crippen molar-refractivity contribution in [2.75, 3.05) is 25.5 Å². The van der Waals surface area contributed by atoms with E-state index in [2.05, 4.69) is 29.2 Å². The molecule has 2 aliphatic rings. The number of hydrogen-bond donors (Lipinski definition) is 1. The van der Waals surface area contributed by atoms with Crippen molar-refractivity contribution in [1.29, 1.82) is 0 Å². The highest BCUT2D eigenvalue weighted by Gasteiger charge is 2.26. The van der Waals surface area contributed by atoms with E-state index in [-0.39, 0.29) is 6.04 Å². The highest BCUT2D eigenvalue weighted by Crippen LogP contribution is 2.36. The summed E-state index contributed by atoms with van der Waals surface area (Å²) in [6, 6.07) is 0.0919. The Morgan fingerprint density at radius 2 is 1.90 bits per heavy atom. The summed E-state index contributed by atoms with van der Waals surface area (Å²) in [5.74, 6) is 3.56. The number of fused-ring (bicyclic) bond motifs is 2. The fraction of sp³-hybridized carbons (Fsp3) is 0.619. The van der Waals surface area contributed by atoms with Crippen LogP contribution in [0.2, 0.25) is 0 Å². The fourth-order valence-corrected chi connectivity index (χ4v) is 5.55. The molecule has 5 rings (SSSR count). The molecule has 0 aliphatic carbocycles. The number of anilines is 1. The van der Waals surface area contributed by atoms with Gasteiger partial charge in [-0.2, -0.15) is 5.10 Å². The van der Waals surface area contributed by atoms with E-state index in [1.807, 2.05) is 4.68 Å². The number of nitrogens with one attached hydrogen (secondary N) is 1. The minimum absolute atomic E-state index is 0.0919. The van der Waals surface area contributed by atoms with E-state index in [4.69, 9.17) is 19.7 Å². The standard InChI is InChI=1S/C21H29N7OS/c1-13-14(2)30-21-18(13)19(23-16(25-21)11-27-8-4-5-9-27)22-15-7-6-10-28-20(15)24-17(26-28)12-29-3/h15H,4-12H2,1-3H3,(H,22,23,25). The van der Waals surface area contributed by atoms with Crippen molar-refractivity contribution in [1.82, 2.24) is 29.6 Å². The van der Waals surface area contributed by atoms with Gasteiger partial charge in [-0.3, -0.25) is 4.90 Å². The molecule has 1 N–H and O–H groups in total. The summed E-state index contributed by atoms with van der Waals surface area (Å²) in [4.78, 5) is 19.5. The second-order valence-electron chi connectivity index (χ2n) is 8.32. The Morgan fingerprint density at radius 3 is 2.70 bits per heavy atom. The van der Waals surface area contributed by atoms with Crippen molar-refractivity contribution in [3.63, 3.8) is 0 Å². The monoisotopic (exact) mass is 427 g/mol. The summed E-state index contributed by atoms with van der Waals surface area (Å²) in [7, 11) is 1.68. The molecule has 0 saturated carbocycles. The molecule has 9 heteroatoms. The van der Waals surface area contributed by atoms with Gasteiger partial charge in [0.2, 0.25) is 0 Å². The van der Waals surface area contributed by atoms with Gasteiger partial charge in [0.05, 0.1) is 18.0 Å². The largest absolute Gasteiger partial charge is 0.377 e. The highest BCUT2D eigenvalue weighted by molar-refractivity contribution is 7.18. The first-order chi connectivity index (χ1) is 14.6. The summed E-state index contributed by atoms with van der Waals surface area (Å²) in [5.41, 5.74) is 1.27. The lowest BCUT2D eigenvalue weighted by molar-refractivity contribution is 0.177. The van der Waals surface area contributed by atoms with Gasteiger partial charge < -0.3 is 10.1 Å². The van der Waals surface area contributed by atoms with Crippen molar-refractivity contribution in [2.24, 2.45) is 0 Å². The van der Waals surface area contributed by atoms with Gasteiger partial charge in [-0.05, 0) is 58.2 Å². The molecule has 1 unspecified atom stereocenters. The topological polar surface area (TPSA) is 81.0 Å². The van der Waals surface area contributed by atoms with Crippen LogP contribution in [-0.4, -0.2) is 49.8 Å². The van der Waals surface area contributed by atoms with Gasteiger partial charge in [0, 0.05) is 18.5 Å². The van der Waals surface area contributed by atoms with Crippen LogP contribution in [0, 0.1) is 13.8 Å². The molecule has 1 saturated heterocycles. The maximum atomic E-state index is 5.23. The number of likely N-dealkylation sites (tertiary alicyclic amines) is 1. The summed E-state index contributed by atoms with van der Waals surface area (Å²) in [6.07, 6.45) is 4.62. The van der Waals surface area contributed by atoms with E-state index in [1.54, 1.807) is 18.4 Å². The Labute approximate surface area is 180 Å². The second kappa shape index (κ2) is 8.20. The number of hydrogen-bond acceptors (Lipinski definition) is 8. The highest BCUT2D eigenvalue weighted by atomic mass is 32.1. The second-order valence-corrected chi connectivity index (χ2v) is 9.52. The molecule has 3 aromatic heterocycles. The molecule has 2 aliphatic heterocycles. The minimum Gasteiger partial charge on any atom is -0.377 e. The molecule has 30 heavy (non-hydrogen) atoms. The predicted molar refractivity (Wildman–Crippen MR) is 118 cm³/mol. The number of thiophene rings is 1. The number of aromatic nitrogens is 5. The maximum Gasteiger partial charge on any atom is 0.176 e. The summed E-state index contributed by atoms with van der Waals surface area (Å²) < 4.78 is 7.25. The van der Waals surface area contributed by atoms with Gasteiger partial charge in [-0.15, -0.1) is 11.3 Å². The zero-order chi connectivity index (χ0) is 20.7. The van der Waals surface area contributed by atoms with Gasteiger partial charge in [0.1, 0.15) is 28.9 Å². The zero-order valence-electron chi connectivity index (χ0n) is 17.9. The first kappa shape index (κ1) is 19.8. The number of methoxy groups -OCH3 is 1. The van der Waals surface area contributed by atoms with E-state index in [1.165, 1.54) is 23.3 Å². The molecule has 1 fully saturated rings. The lowest BCUT2D eigenvalue weighted by Gasteiger charge is -2.24. The van der Waals surface area contributed by atoms with E-state index in [9.17, 15) is 0 Å². The molecule has 8 nitrogen and oxygen atoms in total. The van der Waals surface area contributed by atoms with Crippen LogP contribution in [0.1, 0.15) is 59.6 Å². The Morgan fingerprint density at radius 1 is 1.07 bits per heavy atom. The molecule has 0 amide bonds. The van der Waals surface area contributed by atoms with Crippen molar-refractivity contribution >= 4 is 27.4 Å². The lowest BCUT2D eigenvalue weighted by atomic mass is 10.1. The molecule has 0 radical (unpaired) electrons. The normalized spacial score (nSPS) is 19.5. The van der Waals surface area contributed by atoms with Crippen molar-refractivity contribution in [2.45, 2.75) is 65.3 Å². The molecular weight excluding hydrogens is 398 g/mol. The molecule has 1 atom stereocenters. The minimum atomic E-state index is 0.0919. The third-order valence-corrected chi connectivity index (χ3v) is 7.24. The van der Waals surface area contributed by atoms with Crippen LogP contribution in [0.4, 0.5) is 5.82 Å². The molecule has 5 heterocycles. The third kappa shape index (κ3) is 3.70. The quantitative estimate of drug-likeness (QED) is 0.644. The summed E-state index contributed by atoms with van der Waals surface area (Å²) in [6.45, 7) is 8.77. The van der Waals surface area contributed by atoms with Crippen LogP contribution >= 0.6 is 11.3 Å². The van der Waals surface area contributed by atoms with Crippen LogP contribution in [-0.2, 0) is 24.4 Å². The number of aryl methyl sites for hydroxylation is 3. The van der Waals surface area contributed by atoms with Crippen molar-refractivity contribution in [3.8, 4) is 0 Å². The van der Waals surface area contributed by atoms with Crippen LogP contribution in [0.15, 0.2) is 0 Å². The van der Waals surface area contributed by atoms with Gasteiger partial charge >= 0.3 is 0 Å². The van der Waals surface area contributed by atoms with Crippen molar-refractivity contribution < 1.29 is 4.74 Å². The predicted octanol–water partition coefficient (Wildman–Crippen LogP) is 3.59. The Balaban J connectivity index is 1.50. The van der Waals surface area contributed by atoms with Crippen LogP contribution in [0.3, 0.4) is 0 Å². The Hall–Kier alpha value is -2.10. The van der Waals surface area contributed by atoms with Crippen molar-refractivity contribution in [3.05, 3.63) is 27.9 Å². The molecule has 0 spiro atoms. The molecule has 0 bridgehead atoms. The number of nitrogens with zero attached hydrogens (tertiary/aromatic N) is 6. The third-order valence-electron chi connectivity index (χ3n) is 6.14. The zero-order valence-corrected chi connectivity index (χ0v) is 18.8. The number of ether oxygens (including phenoxy) is 1. The SMILES string of the molecule is COCc1nc2n(n1)CCCC2Nc1nc(CN2CCCC2)nc2sc(C)c(C)c12. The average Bonchev–Trinajstić information content (AvgIpc) is 3.43. The van der Waals surface area contributed by atoms with E-state index < -0.39 is 0 Å². The maximum absolute atomic E-state index is 5.23. The van der Waals surface area contributed by atoms with Crippen LogP contribution in [0.5, 0.6) is 0 Å². The fourth-order valence-electron chi connectivity index (χ4n) is 4.50. The van der Waals surface area contributed by atoms with E-state index in [0.29, 0.717) is 6.61 Å². The van der Waals surface area contributed by atoms with Crippen LogP contribution in [0.25, 0.3) is 10.2 Å².